The fourth-order valence-corrected chi connectivity index (χ4v) is 3.20. The van der Waals surface area contributed by atoms with Crippen LogP contribution < -0.4 is 11.1 Å². The van der Waals surface area contributed by atoms with E-state index in [1.165, 1.54) is 5.56 Å². The molecule has 0 unspecified atom stereocenters. The zero-order valence-electron chi connectivity index (χ0n) is 17.0. The standard InChI is InChI=1S/C20H33N5O3/c1-24(2)18(26)14-25(13-10-17(21)20(27)28)12-4-3-7-16-9-8-15-6-5-11-22-19(15)23-16/h8-9,17H,3-7,10-14,21H2,1-2H3,(H,22,23)(H,27,28)/t17-/m0/s1. The molecule has 8 nitrogen and oxygen atoms in total. The van der Waals surface area contributed by atoms with E-state index in [0.717, 1.165) is 56.7 Å². The molecule has 0 fully saturated rings. The molecule has 1 atom stereocenters. The van der Waals surface area contributed by atoms with Crippen LogP contribution in [-0.4, -0.2) is 78.1 Å². The number of carbonyl (C=O) groups excluding carboxylic acids is 1. The summed E-state index contributed by atoms with van der Waals surface area (Å²) in [6, 6.07) is 3.37. The molecule has 0 saturated heterocycles. The quantitative estimate of drug-likeness (QED) is 0.482. The second kappa shape index (κ2) is 11.0. The number of rotatable bonds is 11. The number of aliphatic carboxylic acids is 1. The number of anilines is 1. The molecule has 1 aromatic heterocycles. The highest BCUT2D eigenvalue weighted by Crippen LogP contribution is 2.20. The zero-order chi connectivity index (χ0) is 20.5. The minimum Gasteiger partial charge on any atom is -0.480 e. The van der Waals surface area contributed by atoms with Gasteiger partial charge in [-0.1, -0.05) is 6.07 Å². The monoisotopic (exact) mass is 391 g/mol. The van der Waals surface area contributed by atoms with Crippen molar-refractivity contribution in [3.8, 4) is 0 Å². The Balaban J connectivity index is 1.80. The Bertz CT molecular complexity index is 665. The lowest BCUT2D eigenvalue weighted by Crippen LogP contribution is -2.40. The number of carboxylic acids is 1. The zero-order valence-corrected chi connectivity index (χ0v) is 17.0. The van der Waals surface area contributed by atoms with Gasteiger partial charge in [0.15, 0.2) is 0 Å². The number of nitrogens with one attached hydrogen (secondary N) is 1. The molecule has 1 aromatic rings. The molecule has 4 N–H and O–H groups in total. The van der Waals surface area contributed by atoms with Gasteiger partial charge >= 0.3 is 5.97 Å². The van der Waals surface area contributed by atoms with Crippen LogP contribution in [0.15, 0.2) is 12.1 Å². The van der Waals surface area contributed by atoms with Crippen LogP contribution in [0.5, 0.6) is 0 Å². The van der Waals surface area contributed by atoms with Gasteiger partial charge < -0.3 is 21.1 Å². The van der Waals surface area contributed by atoms with Gasteiger partial charge in [0.05, 0.1) is 6.54 Å². The Morgan fingerprint density at radius 3 is 2.79 bits per heavy atom. The summed E-state index contributed by atoms with van der Waals surface area (Å²) in [7, 11) is 3.44. The molecular formula is C20H33N5O3. The Morgan fingerprint density at radius 1 is 1.29 bits per heavy atom. The summed E-state index contributed by atoms with van der Waals surface area (Å²) in [5, 5.41) is 12.3. The van der Waals surface area contributed by atoms with Crippen LogP contribution in [0.4, 0.5) is 5.82 Å². The van der Waals surface area contributed by atoms with E-state index in [2.05, 4.69) is 17.4 Å². The molecule has 8 heteroatoms. The lowest BCUT2D eigenvalue weighted by molar-refractivity contribution is -0.138. The van der Waals surface area contributed by atoms with Crippen LogP contribution in [0.2, 0.25) is 0 Å². The van der Waals surface area contributed by atoms with Crippen molar-refractivity contribution in [1.82, 2.24) is 14.8 Å². The number of nitrogens with zero attached hydrogens (tertiary/aromatic N) is 3. The van der Waals surface area contributed by atoms with E-state index in [9.17, 15) is 9.59 Å². The molecule has 0 radical (unpaired) electrons. The number of likely N-dealkylation sites (N-methyl/N-ethyl adjacent to an activating group) is 1. The number of fused-ring (bicyclic) bond motifs is 1. The number of hydrogen-bond acceptors (Lipinski definition) is 6. The Morgan fingerprint density at radius 2 is 2.07 bits per heavy atom. The lowest BCUT2D eigenvalue weighted by Gasteiger charge is -2.24. The molecule has 0 spiro atoms. The maximum Gasteiger partial charge on any atom is 0.320 e. The molecule has 0 aromatic carbocycles. The molecule has 0 aliphatic carbocycles. The molecule has 1 aliphatic rings. The van der Waals surface area contributed by atoms with Gasteiger partial charge in [-0.05, 0) is 56.7 Å². The van der Waals surface area contributed by atoms with Gasteiger partial charge in [-0.25, -0.2) is 4.98 Å². The molecule has 156 valence electrons. The van der Waals surface area contributed by atoms with Gasteiger partial charge in [0.1, 0.15) is 11.9 Å². The predicted molar refractivity (Wildman–Crippen MR) is 109 cm³/mol. The molecule has 1 amide bonds. The number of aryl methyl sites for hydroxylation is 2. The van der Waals surface area contributed by atoms with Crippen molar-refractivity contribution in [3.05, 3.63) is 23.4 Å². The highest BCUT2D eigenvalue weighted by atomic mass is 16.4. The summed E-state index contributed by atoms with van der Waals surface area (Å²) in [6.45, 7) is 2.49. The number of nitrogens with two attached hydrogens (primary N) is 1. The first kappa shape index (κ1) is 22.1. The Labute approximate surface area is 167 Å². The van der Waals surface area contributed by atoms with E-state index in [1.807, 2.05) is 4.90 Å². The van der Waals surface area contributed by atoms with Crippen molar-refractivity contribution in [3.63, 3.8) is 0 Å². The van der Waals surface area contributed by atoms with E-state index in [4.69, 9.17) is 15.8 Å². The third-order valence-corrected chi connectivity index (χ3v) is 5.04. The number of pyridine rings is 1. The number of hydrogen-bond donors (Lipinski definition) is 3. The first-order valence-electron chi connectivity index (χ1n) is 10.0. The largest absolute Gasteiger partial charge is 0.480 e. The topological polar surface area (TPSA) is 112 Å². The highest BCUT2D eigenvalue weighted by molar-refractivity contribution is 5.77. The van der Waals surface area contributed by atoms with Crippen LogP contribution in [0.3, 0.4) is 0 Å². The smallest absolute Gasteiger partial charge is 0.320 e. The van der Waals surface area contributed by atoms with Crippen molar-refractivity contribution in [2.75, 3.05) is 45.6 Å². The van der Waals surface area contributed by atoms with Crippen molar-refractivity contribution < 1.29 is 14.7 Å². The van der Waals surface area contributed by atoms with Gasteiger partial charge in [0.2, 0.25) is 5.91 Å². The lowest BCUT2D eigenvalue weighted by atomic mass is 10.1. The summed E-state index contributed by atoms with van der Waals surface area (Å²) >= 11 is 0. The minimum absolute atomic E-state index is 0.00586. The van der Waals surface area contributed by atoms with Crippen molar-refractivity contribution in [2.45, 2.75) is 44.6 Å². The van der Waals surface area contributed by atoms with Crippen molar-refractivity contribution in [1.29, 1.82) is 0 Å². The normalized spacial score (nSPS) is 14.3. The van der Waals surface area contributed by atoms with E-state index < -0.39 is 12.0 Å². The second-order valence-corrected chi connectivity index (χ2v) is 7.60. The van der Waals surface area contributed by atoms with Gasteiger partial charge in [-0.2, -0.15) is 0 Å². The number of carbonyl (C=O) groups is 2. The van der Waals surface area contributed by atoms with Crippen molar-refractivity contribution in [2.24, 2.45) is 5.73 Å². The number of amides is 1. The summed E-state index contributed by atoms with van der Waals surface area (Å²) in [5.74, 6) is 0.0157. The molecular weight excluding hydrogens is 358 g/mol. The molecule has 1 aliphatic heterocycles. The van der Waals surface area contributed by atoms with Crippen molar-refractivity contribution >= 4 is 17.7 Å². The number of carboxylic acid groups (broad SMARTS) is 1. The fraction of sp³-hybridized carbons (Fsp3) is 0.650. The SMILES string of the molecule is CN(C)C(=O)CN(CCCCc1ccc2c(n1)NCCC2)CC[C@H](N)C(=O)O. The van der Waals surface area contributed by atoms with Gasteiger partial charge in [0, 0.05) is 32.9 Å². The minimum atomic E-state index is -1.01. The molecule has 2 heterocycles. The first-order chi connectivity index (χ1) is 13.4. The molecule has 0 saturated carbocycles. The fourth-order valence-electron chi connectivity index (χ4n) is 3.20. The van der Waals surface area contributed by atoms with E-state index in [-0.39, 0.29) is 12.5 Å². The third-order valence-electron chi connectivity index (χ3n) is 5.04. The van der Waals surface area contributed by atoms with Gasteiger partial charge in [-0.15, -0.1) is 0 Å². The van der Waals surface area contributed by atoms with Crippen LogP contribution >= 0.6 is 0 Å². The average molecular weight is 392 g/mol. The molecule has 28 heavy (non-hydrogen) atoms. The highest BCUT2D eigenvalue weighted by Gasteiger charge is 2.17. The Kier molecular flexibility index (Phi) is 8.66. The number of unbranched alkanes of at least 4 members (excludes halogenated alkanes) is 1. The maximum absolute atomic E-state index is 12.0. The Hall–Kier alpha value is -2.19. The summed E-state index contributed by atoms with van der Waals surface area (Å²) in [5.41, 5.74) is 7.98. The summed E-state index contributed by atoms with van der Waals surface area (Å²) in [4.78, 5) is 31.2. The van der Waals surface area contributed by atoms with Gasteiger partial charge in [-0.3, -0.25) is 14.5 Å². The van der Waals surface area contributed by atoms with E-state index >= 15 is 0 Å². The third kappa shape index (κ3) is 7.09. The van der Waals surface area contributed by atoms with Crippen LogP contribution in [0.1, 0.15) is 36.9 Å². The van der Waals surface area contributed by atoms with E-state index in [0.29, 0.717) is 13.0 Å². The molecule has 2 rings (SSSR count). The second-order valence-electron chi connectivity index (χ2n) is 7.60. The first-order valence-corrected chi connectivity index (χ1v) is 10.0. The molecule has 0 bridgehead atoms. The summed E-state index contributed by atoms with van der Waals surface area (Å²) < 4.78 is 0. The van der Waals surface area contributed by atoms with Crippen LogP contribution in [0.25, 0.3) is 0 Å². The summed E-state index contributed by atoms with van der Waals surface area (Å²) in [6.07, 6.45) is 5.33. The van der Waals surface area contributed by atoms with Gasteiger partial charge in [0.25, 0.3) is 0 Å². The van der Waals surface area contributed by atoms with Crippen LogP contribution in [-0.2, 0) is 22.4 Å². The average Bonchev–Trinajstić information content (AvgIpc) is 2.68. The van der Waals surface area contributed by atoms with E-state index in [1.54, 1.807) is 19.0 Å². The number of aromatic nitrogens is 1. The maximum atomic E-state index is 12.0. The van der Waals surface area contributed by atoms with Crippen LogP contribution in [0, 0.1) is 0 Å². The predicted octanol–water partition coefficient (Wildman–Crippen LogP) is 0.955.